The van der Waals surface area contributed by atoms with Gasteiger partial charge in [0.1, 0.15) is 12.2 Å². The summed E-state index contributed by atoms with van der Waals surface area (Å²) in [6.45, 7) is -0.196. The van der Waals surface area contributed by atoms with Gasteiger partial charge >= 0.3 is 0 Å². The number of anilines is 1. The molecule has 3 heterocycles. The lowest BCUT2D eigenvalue weighted by Crippen LogP contribution is -2.29. The average molecular weight is 389 g/mol. The SMILES string of the molecule is O=C(Cn1nc(-c2ccccc2)ccc1=O)Nc1nc(-c2ccccn2)cs1. The molecule has 28 heavy (non-hydrogen) atoms. The quantitative estimate of drug-likeness (QED) is 0.567. The van der Waals surface area contributed by atoms with Crippen molar-refractivity contribution in [1.29, 1.82) is 0 Å². The lowest BCUT2D eigenvalue weighted by Gasteiger charge is -2.07. The van der Waals surface area contributed by atoms with Gasteiger partial charge in [-0.1, -0.05) is 36.4 Å². The molecule has 4 rings (SSSR count). The zero-order valence-corrected chi connectivity index (χ0v) is 15.5. The highest BCUT2D eigenvalue weighted by atomic mass is 32.1. The molecular formula is C20H15N5O2S. The number of carbonyl (C=O) groups is 1. The molecule has 0 saturated heterocycles. The lowest BCUT2D eigenvalue weighted by atomic mass is 10.1. The third-order valence-corrected chi connectivity index (χ3v) is 4.67. The maximum atomic E-state index is 12.4. The molecule has 0 bridgehead atoms. The highest BCUT2D eigenvalue weighted by molar-refractivity contribution is 7.14. The predicted octanol–water partition coefficient (Wildman–Crippen LogP) is 3.07. The summed E-state index contributed by atoms with van der Waals surface area (Å²) in [5.74, 6) is -0.373. The molecule has 0 spiro atoms. The van der Waals surface area contributed by atoms with E-state index in [1.807, 2.05) is 53.9 Å². The number of benzene rings is 1. The van der Waals surface area contributed by atoms with Gasteiger partial charge in [-0.3, -0.25) is 14.6 Å². The van der Waals surface area contributed by atoms with Gasteiger partial charge in [-0.15, -0.1) is 11.3 Å². The van der Waals surface area contributed by atoms with Crippen molar-refractivity contribution < 1.29 is 4.79 Å². The molecule has 138 valence electrons. The van der Waals surface area contributed by atoms with E-state index in [9.17, 15) is 9.59 Å². The molecule has 0 fully saturated rings. The Kier molecular flexibility index (Phi) is 5.03. The van der Waals surface area contributed by atoms with Crippen molar-refractivity contribution in [1.82, 2.24) is 19.7 Å². The largest absolute Gasteiger partial charge is 0.300 e. The minimum Gasteiger partial charge on any atom is -0.300 e. The molecule has 0 saturated carbocycles. The number of amides is 1. The highest BCUT2D eigenvalue weighted by Gasteiger charge is 2.11. The Balaban J connectivity index is 1.49. The fourth-order valence-electron chi connectivity index (χ4n) is 2.58. The van der Waals surface area contributed by atoms with Crippen molar-refractivity contribution >= 4 is 22.4 Å². The van der Waals surface area contributed by atoms with Crippen LogP contribution >= 0.6 is 11.3 Å². The minimum absolute atomic E-state index is 0.196. The topological polar surface area (TPSA) is 89.8 Å². The standard InChI is InChI=1S/C20H15N5O2S/c26-18(23-20-22-17(13-28-20)16-8-4-5-11-21-16)12-25-19(27)10-9-15(24-25)14-6-2-1-3-7-14/h1-11,13H,12H2,(H,22,23,26). The van der Waals surface area contributed by atoms with E-state index in [0.717, 1.165) is 15.9 Å². The summed E-state index contributed by atoms with van der Waals surface area (Å²) < 4.78 is 1.14. The van der Waals surface area contributed by atoms with Crippen molar-refractivity contribution in [2.24, 2.45) is 0 Å². The minimum atomic E-state index is -0.373. The van der Waals surface area contributed by atoms with Crippen LogP contribution < -0.4 is 10.9 Å². The number of nitrogens with zero attached hydrogens (tertiary/aromatic N) is 4. The predicted molar refractivity (Wildman–Crippen MR) is 108 cm³/mol. The number of hydrogen-bond donors (Lipinski definition) is 1. The molecule has 1 amide bonds. The summed E-state index contributed by atoms with van der Waals surface area (Å²) in [6, 6.07) is 18.1. The molecule has 1 N–H and O–H groups in total. The first kappa shape index (κ1) is 17.7. The van der Waals surface area contributed by atoms with Crippen molar-refractivity contribution in [3.8, 4) is 22.6 Å². The van der Waals surface area contributed by atoms with Gasteiger partial charge in [-0.25, -0.2) is 9.67 Å². The summed E-state index contributed by atoms with van der Waals surface area (Å²) in [6.07, 6.45) is 1.69. The summed E-state index contributed by atoms with van der Waals surface area (Å²) in [7, 11) is 0. The lowest BCUT2D eigenvalue weighted by molar-refractivity contribution is -0.117. The fraction of sp³-hybridized carbons (Fsp3) is 0.0500. The zero-order valence-electron chi connectivity index (χ0n) is 14.6. The molecule has 3 aromatic heterocycles. The summed E-state index contributed by atoms with van der Waals surface area (Å²) in [5, 5.41) is 9.26. The van der Waals surface area contributed by atoms with Crippen LogP contribution in [0.3, 0.4) is 0 Å². The molecule has 0 radical (unpaired) electrons. The van der Waals surface area contributed by atoms with E-state index in [4.69, 9.17) is 0 Å². The number of rotatable bonds is 5. The molecule has 7 nitrogen and oxygen atoms in total. The van der Waals surface area contributed by atoms with Crippen molar-refractivity contribution in [2.75, 3.05) is 5.32 Å². The maximum Gasteiger partial charge on any atom is 0.267 e. The molecule has 8 heteroatoms. The van der Waals surface area contributed by atoms with Crippen molar-refractivity contribution in [2.45, 2.75) is 6.54 Å². The van der Waals surface area contributed by atoms with E-state index < -0.39 is 0 Å². The number of nitrogens with one attached hydrogen (secondary N) is 1. The van der Waals surface area contributed by atoms with Gasteiger partial charge in [0.2, 0.25) is 5.91 Å². The third-order valence-electron chi connectivity index (χ3n) is 3.91. The van der Waals surface area contributed by atoms with Gasteiger partial charge < -0.3 is 5.32 Å². The normalized spacial score (nSPS) is 10.6. The van der Waals surface area contributed by atoms with Crippen molar-refractivity contribution in [3.05, 3.63) is 82.6 Å². The van der Waals surface area contributed by atoms with Gasteiger partial charge in [0.05, 0.1) is 11.4 Å². The molecule has 0 aliphatic heterocycles. The van der Waals surface area contributed by atoms with Gasteiger partial charge in [0.25, 0.3) is 5.56 Å². The molecular weight excluding hydrogens is 374 g/mol. The van der Waals surface area contributed by atoms with E-state index >= 15 is 0 Å². The molecule has 4 aromatic rings. The maximum absolute atomic E-state index is 12.4. The highest BCUT2D eigenvalue weighted by Crippen LogP contribution is 2.23. The van der Waals surface area contributed by atoms with Gasteiger partial charge in [0, 0.05) is 23.2 Å². The van der Waals surface area contributed by atoms with Crippen LogP contribution in [-0.4, -0.2) is 25.7 Å². The Morgan fingerprint density at radius 1 is 0.964 bits per heavy atom. The summed E-state index contributed by atoms with van der Waals surface area (Å²) in [5.41, 5.74) is 2.56. The molecule has 0 atom stereocenters. The second kappa shape index (κ2) is 7.93. The smallest absolute Gasteiger partial charge is 0.267 e. The third kappa shape index (κ3) is 4.02. The Bertz CT molecular complexity index is 1160. The van der Waals surface area contributed by atoms with Gasteiger partial charge in [-0.05, 0) is 18.2 Å². The van der Waals surface area contributed by atoms with Crippen LogP contribution in [0.5, 0.6) is 0 Å². The number of thiazole rings is 1. The molecule has 1 aromatic carbocycles. The molecule has 0 aliphatic carbocycles. The first-order valence-electron chi connectivity index (χ1n) is 8.49. The van der Waals surface area contributed by atoms with Crippen LogP contribution in [-0.2, 0) is 11.3 Å². The van der Waals surface area contributed by atoms with Crippen LogP contribution in [0.1, 0.15) is 0 Å². The van der Waals surface area contributed by atoms with Gasteiger partial charge in [0.15, 0.2) is 5.13 Å². The van der Waals surface area contributed by atoms with E-state index in [1.165, 1.54) is 17.4 Å². The Labute approximate surface area is 164 Å². The van der Waals surface area contributed by atoms with E-state index in [1.54, 1.807) is 12.3 Å². The number of aromatic nitrogens is 4. The fourth-order valence-corrected chi connectivity index (χ4v) is 3.30. The molecule has 0 unspecified atom stereocenters. The number of pyridine rings is 1. The van der Waals surface area contributed by atoms with Crippen LogP contribution in [0.15, 0.2) is 77.0 Å². The van der Waals surface area contributed by atoms with Crippen LogP contribution in [0.4, 0.5) is 5.13 Å². The van der Waals surface area contributed by atoms with E-state index in [0.29, 0.717) is 16.5 Å². The Hall–Kier alpha value is -3.65. The van der Waals surface area contributed by atoms with Crippen LogP contribution in [0.2, 0.25) is 0 Å². The van der Waals surface area contributed by atoms with Crippen LogP contribution in [0.25, 0.3) is 22.6 Å². The first-order valence-corrected chi connectivity index (χ1v) is 9.37. The van der Waals surface area contributed by atoms with Crippen LogP contribution in [0, 0.1) is 0 Å². The van der Waals surface area contributed by atoms with Gasteiger partial charge in [-0.2, -0.15) is 5.10 Å². The van der Waals surface area contributed by atoms with Crippen molar-refractivity contribution in [3.63, 3.8) is 0 Å². The Morgan fingerprint density at radius 2 is 1.79 bits per heavy atom. The summed E-state index contributed by atoms with van der Waals surface area (Å²) >= 11 is 1.30. The number of carbonyl (C=O) groups excluding carboxylic acids is 1. The second-order valence-electron chi connectivity index (χ2n) is 5.88. The second-order valence-corrected chi connectivity index (χ2v) is 6.74. The monoisotopic (exact) mass is 389 g/mol. The molecule has 0 aliphatic rings. The average Bonchev–Trinajstić information content (AvgIpc) is 3.19. The van der Waals surface area contributed by atoms with E-state index in [-0.39, 0.29) is 18.0 Å². The van der Waals surface area contributed by atoms with E-state index in [2.05, 4.69) is 20.4 Å². The number of hydrogen-bond acceptors (Lipinski definition) is 6. The first-order chi connectivity index (χ1) is 13.7. The summed E-state index contributed by atoms with van der Waals surface area (Å²) in [4.78, 5) is 33.0. The zero-order chi connectivity index (χ0) is 19.3. The Morgan fingerprint density at radius 3 is 2.57 bits per heavy atom.